The van der Waals surface area contributed by atoms with Crippen LogP contribution in [0.25, 0.3) is 0 Å². The number of carbonyl (C=O) groups is 1. The van der Waals surface area contributed by atoms with Gasteiger partial charge in [-0.2, -0.15) is 0 Å². The molecular formula is C21H20AsF3N5O4S. The van der Waals surface area contributed by atoms with E-state index >= 15 is 0 Å². The Morgan fingerprint density at radius 1 is 1.17 bits per heavy atom. The first-order valence-corrected chi connectivity index (χ1v) is 13.7. The molecule has 1 radical (unpaired) electrons. The van der Waals surface area contributed by atoms with Gasteiger partial charge >= 0.3 is 206 Å². The van der Waals surface area contributed by atoms with E-state index in [4.69, 9.17) is 5.11 Å². The number of hydrogen-bond donors (Lipinski definition) is 2. The molecule has 35 heavy (non-hydrogen) atoms. The number of hydrogen-bond acceptors (Lipinski definition) is 7. The van der Waals surface area contributed by atoms with Gasteiger partial charge < -0.3 is 0 Å². The molecule has 0 spiro atoms. The first kappa shape index (κ1) is 26.4. The standard InChI is InChI=1S/C21H20AsF3N5O4S/c1-30(35(2,33)34)19-14(4-3-9-26-19)11-27-18-16(21(23,24)25)12-28-20(29-18)22-15-7-5-13(6-8-15)10-17(31)32/h3-9,12H,10-11H2,1-2H3,(H,31,32)(H,27,28,29). The first-order valence-electron chi connectivity index (χ1n) is 9.93. The van der Waals surface area contributed by atoms with E-state index in [9.17, 15) is 26.4 Å². The number of nitrogens with zero attached hydrogens (tertiary/aromatic N) is 4. The molecule has 9 nitrogen and oxygen atoms in total. The minimum absolute atomic E-state index is 0.0816. The maximum atomic E-state index is 13.6. The molecule has 0 aliphatic heterocycles. The molecule has 3 aromatic rings. The van der Waals surface area contributed by atoms with Gasteiger partial charge in [-0.1, -0.05) is 0 Å². The van der Waals surface area contributed by atoms with Crippen molar-refractivity contribution in [1.29, 1.82) is 0 Å². The summed E-state index contributed by atoms with van der Waals surface area (Å²) in [6.07, 6.45) is -1.75. The Hall–Kier alpha value is -3.18. The summed E-state index contributed by atoms with van der Waals surface area (Å²) in [6, 6.07) is 9.79. The number of nitrogens with one attached hydrogen (secondary N) is 1. The summed E-state index contributed by atoms with van der Waals surface area (Å²) in [5, 5.41) is 11.5. The van der Waals surface area contributed by atoms with Crippen LogP contribution in [-0.2, 0) is 34.0 Å². The molecule has 1 aromatic carbocycles. The van der Waals surface area contributed by atoms with Gasteiger partial charge in [-0.3, -0.25) is 0 Å². The van der Waals surface area contributed by atoms with Crippen LogP contribution in [0.15, 0.2) is 48.8 Å². The van der Waals surface area contributed by atoms with E-state index in [2.05, 4.69) is 20.3 Å². The Morgan fingerprint density at radius 2 is 1.86 bits per heavy atom. The van der Waals surface area contributed by atoms with E-state index < -0.39 is 49.3 Å². The average Bonchev–Trinajstić information content (AvgIpc) is 2.77. The van der Waals surface area contributed by atoms with Gasteiger partial charge in [0.05, 0.1) is 0 Å². The molecule has 2 aromatic heterocycles. The molecule has 0 unspecified atom stereocenters. The Balaban J connectivity index is 1.87. The van der Waals surface area contributed by atoms with E-state index in [1.54, 1.807) is 36.4 Å². The molecular weight excluding hydrogens is 550 g/mol. The SMILES string of the molecule is CN(c1ncccc1CNc1nc([As]c2ccc(CC(=O)O)cc2)ncc1C(F)(F)F)S(C)(=O)=O. The fourth-order valence-corrected chi connectivity index (χ4v) is 5.08. The van der Waals surface area contributed by atoms with Crippen molar-refractivity contribution in [2.75, 3.05) is 22.9 Å². The van der Waals surface area contributed by atoms with Gasteiger partial charge in [0.25, 0.3) is 0 Å². The molecule has 0 bridgehead atoms. The quantitative estimate of drug-likeness (QED) is 0.368. The predicted molar refractivity (Wildman–Crippen MR) is 125 cm³/mol. The number of benzene rings is 1. The zero-order chi connectivity index (χ0) is 25.8. The van der Waals surface area contributed by atoms with E-state index in [0.717, 1.165) is 14.9 Å². The molecule has 185 valence electrons. The van der Waals surface area contributed by atoms with E-state index in [-0.39, 0.29) is 23.4 Å². The second-order valence-electron chi connectivity index (χ2n) is 7.35. The zero-order valence-corrected chi connectivity index (χ0v) is 21.2. The van der Waals surface area contributed by atoms with Crippen molar-refractivity contribution in [3.8, 4) is 0 Å². The number of pyridine rings is 1. The van der Waals surface area contributed by atoms with Gasteiger partial charge in [0.1, 0.15) is 0 Å². The summed E-state index contributed by atoms with van der Waals surface area (Å²) in [4.78, 5) is 22.8. The molecule has 0 amide bonds. The number of carboxylic acid groups (broad SMARTS) is 1. The summed E-state index contributed by atoms with van der Waals surface area (Å²) < 4.78 is 66.5. The summed E-state index contributed by atoms with van der Waals surface area (Å²) in [6.45, 7) is -0.164. The molecule has 14 heteroatoms. The van der Waals surface area contributed by atoms with Crippen molar-refractivity contribution in [1.82, 2.24) is 15.0 Å². The number of rotatable bonds is 9. The topological polar surface area (TPSA) is 125 Å². The summed E-state index contributed by atoms with van der Waals surface area (Å²) in [5.41, 5.74) is -0.0957. The van der Waals surface area contributed by atoms with Gasteiger partial charge in [-0.05, 0) is 0 Å². The third kappa shape index (κ3) is 7.15. The van der Waals surface area contributed by atoms with Crippen molar-refractivity contribution in [3.63, 3.8) is 0 Å². The second-order valence-corrected chi connectivity index (χ2v) is 11.8. The van der Waals surface area contributed by atoms with Crippen LogP contribution in [0.5, 0.6) is 0 Å². The number of sulfonamides is 1. The van der Waals surface area contributed by atoms with Crippen molar-refractivity contribution in [3.05, 3.63) is 65.5 Å². The van der Waals surface area contributed by atoms with Crippen LogP contribution in [0.4, 0.5) is 24.8 Å². The van der Waals surface area contributed by atoms with Crippen LogP contribution in [-0.4, -0.2) is 63.5 Å². The molecule has 0 saturated carbocycles. The van der Waals surface area contributed by atoms with Crippen molar-refractivity contribution >= 4 is 52.3 Å². The Bertz CT molecular complexity index is 1320. The van der Waals surface area contributed by atoms with Gasteiger partial charge in [-0.25, -0.2) is 0 Å². The van der Waals surface area contributed by atoms with Gasteiger partial charge in [0, 0.05) is 0 Å². The molecule has 0 aliphatic rings. The molecule has 3 rings (SSSR count). The Morgan fingerprint density at radius 3 is 2.46 bits per heavy atom. The normalized spacial score (nSPS) is 12.1. The average molecular weight is 570 g/mol. The molecule has 2 heterocycles. The Labute approximate surface area is 206 Å². The molecule has 0 atom stereocenters. The third-order valence-corrected chi connectivity index (χ3v) is 7.92. The van der Waals surface area contributed by atoms with E-state index in [1.807, 2.05) is 0 Å². The monoisotopic (exact) mass is 570 g/mol. The molecule has 0 saturated heterocycles. The number of anilines is 2. The van der Waals surface area contributed by atoms with Crippen LogP contribution >= 0.6 is 0 Å². The maximum absolute atomic E-state index is 13.6. The van der Waals surface area contributed by atoms with Crippen molar-refractivity contribution in [2.45, 2.75) is 19.1 Å². The van der Waals surface area contributed by atoms with E-state index in [1.165, 1.54) is 13.2 Å². The summed E-state index contributed by atoms with van der Waals surface area (Å²) >= 11 is -0.875. The molecule has 0 aliphatic carbocycles. The van der Waals surface area contributed by atoms with Gasteiger partial charge in [-0.15, -0.1) is 0 Å². The first-order chi connectivity index (χ1) is 16.3. The van der Waals surface area contributed by atoms with Crippen LogP contribution in [0.1, 0.15) is 16.7 Å². The number of aromatic nitrogens is 3. The van der Waals surface area contributed by atoms with Crippen LogP contribution in [0.3, 0.4) is 0 Å². The van der Waals surface area contributed by atoms with Crippen LogP contribution < -0.4 is 18.6 Å². The summed E-state index contributed by atoms with van der Waals surface area (Å²) in [5.74, 6) is -1.32. The zero-order valence-electron chi connectivity index (χ0n) is 18.5. The fourth-order valence-electron chi connectivity index (χ4n) is 2.93. The molecule has 2 N–H and O–H groups in total. The number of halogens is 3. The Kier molecular flexibility index (Phi) is 8.01. The number of aliphatic carboxylic acids is 1. The van der Waals surface area contributed by atoms with Crippen LogP contribution in [0, 0.1) is 0 Å². The van der Waals surface area contributed by atoms with Gasteiger partial charge in [0.2, 0.25) is 0 Å². The molecule has 0 fully saturated rings. The fraction of sp³-hybridized carbons (Fsp3) is 0.238. The van der Waals surface area contributed by atoms with Crippen LogP contribution in [0.2, 0.25) is 0 Å². The second kappa shape index (κ2) is 10.6. The number of alkyl halides is 3. The minimum atomic E-state index is -4.71. The van der Waals surface area contributed by atoms with E-state index in [0.29, 0.717) is 17.3 Å². The predicted octanol–water partition coefficient (Wildman–Crippen LogP) is 1.18. The third-order valence-electron chi connectivity index (χ3n) is 4.71. The van der Waals surface area contributed by atoms with Crippen molar-refractivity contribution in [2.24, 2.45) is 0 Å². The summed E-state index contributed by atoms with van der Waals surface area (Å²) in [7, 11) is -2.33. The van der Waals surface area contributed by atoms with Gasteiger partial charge in [0.15, 0.2) is 0 Å². The van der Waals surface area contributed by atoms with Crippen molar-refractivity contribution < 1.29 is 31.5 Å². The number of carboxylic acids is 1.